The fourth-order valence-electron chi connectivity index (χ4n) is 3.33. The van der Waals surface area contributed by atoms with Gasteiger partial charge in [0.15, 0.2) is 12.1 Å². The molecule has 9 heteroatoms. The second-order valence-electron chi connectivity index (χ2n) is 6.29. The van der Waals surface area contributed by atoms with E-state index in [0.29, 0.717) is 17.0 Å². The molecular formula is C19H19N5O4. The lowest BCUT2D eigenvalue weighted by Crippen LogP contribution is -2.36. The SMILES string of the molecule is N#CCO[C@H](CO)[C@H]1OC(c2ccccc2)O[C@H]1c1ccc2c(N)ncnn12. The number of aromatic nitrogens is 3. The first kappa shape index (κ1) is 18.3. The van der Waals surface area contributed by atoms with E-state index in [9.17, 15) is 5.11 Å². The Morgan fingerprint density at radius 3 is 2.82 bits per heavy atom. The van der Waals surface area contributed by atoms with Crippen LogP contribution in [0.15, 0.2) is 48.8 Å². The number of hydrogen-bond donors (Lipinski definition) is 2. The summed E-state index contributed by atoms with van der Waals surface area (Å²) >= 11 is 0. The lowest BCUT2D eigenvalue weighted by Gasteiger charge is -2.24. The first-order valence-corrected chi connectivity index (χ1v) is 8.76. The van der Waals surface area contributed by atoms with Gasteiger partial charge in [0.25, 0.3) is 0 Å². The smallest absolute Gasteiger partial charge is 0.185 e. The number of nitriles is 1. The lowest BCUT2D eigenvalue weighted by atomic mass is 10.1. The highest BCUT2D eigenvalue weighted by molar-refractivity contribution is 5.65. The highest BCUT2D eigenvalue weighted by atomic mass is 16.7. The number of fused-ring (bicyclic) bond motifs is 1. The minimum Gasteiger partial charge on any atom is -0.394 e. The zero-order valence-corrected chi connectivity index (χ0v) is 14.9. The molecule has 1 unspecified atom stereocenters. The molecule has 4 atom stereocenters. The molecule has 2 aromatic heterocycles. The number of nitrogen functional groups attached to an aromatic ring is 1. The molecule has 1 aromatic carbocycles. The first-order chi connectivity index (χ1) is 13.7. The van der Waals surface area contributed by atoms with Crippen molar-refractivity contribution in [1.29, 1.82) is 5.26 Å². The molecule has 1 aliphatic rings. The average molecular weight is 381 g/mol. The molecule has 144 valence electrons. The van der Waals surface area contributed by atoms with Gasteiger partial charge < -0.3 is 25.1 Å². The summed E-state index contributed by atoms with van der Waals surface area (Å²) < 4.78 is 19.4. The van der Waals surface area contributed by atoms with Crippen molar-refractivity contribution in [2.75, 3.05) is 18.9 Å². The molecule has 0 spiro atoms. The van der Waals surface area contributed by atoms with E-state index in [1.54, 1.807) is 10.6 Å². The van der Waals surface area contributed by atoms with Crippen molar-refractivity contribution in [2.45, 2.75) is 24.6 Å². The maximum Gasteiger partial charge on any atom is 0.185 e. The summed E-state index contributed by atoms with van der Waals surface area (Å²) in [5.41, 5.74) is 8.09. The van der Waals surface area contributed by atoms with Crippen molar-refractivity contribution in [3.8, 4) is 6.07 Å². The van der Waals surface area contributed by atoms with Crippen LogP contribution in [0.4, 0.5) is 5.82 Å². The van der Waals surface area contributed by atoms with Crippen LogP contribution in [0.2, 0.25) is 0 Å². The molecule has 3 aromatic rings. The molecule has 1 aliphatic heterocycles. The quantitative estimate of drug-likeness (QED) is 0.655. The summed E-state index contributed by atoms with van der Waals surface area (Å²) in [6, 6.07) is 15.0. The zero-order valence-electron chi connectivity index (χ0n) is 14.9. The van der Waals surface area contributed by atoms with Gasteiger partial charge in [-0.2, -0.15) is 10.4 Å². The monoisotopic (exact) mass is 381 g/mol. The first-order valence-electron chi connectivity index (χ1n) is 8.76. The maximum absolute atomic E-state index is 9.82. The Balaban J connectivity index is 1.72. The molecule has 3 heterocycles. The van der Waals surface area contributed by atoms with E-state index >= 15 is 0 Å². The summed E-state index contributed by atoms with van der Waals surface area (Å²) in [5, 5.41) is 22.9. The van der Waals surface area contributed by atoms with E-state index in [-0.39, 0.29) is 13.2 Å². The topological polar surface area (TPSA) is 128 Å². The van der Waals surface area contributed by atoms with Crippen LogP contribution in [0.3, 0.4) is 0 Å². The molecule has 9 nitrogen and oxygen atoms in total. The summed E-state index contributed by atoms with van der Waals surface area (Å²) in [4.78, 5) is 3.99. The largest absolute Gasteiger partial charge is 0.394 e. The third-order valence-corrected chi connectivity index (χ3v) is 4.63. The van der Waals surface area contributed by atoms with E-state index in [1.165, 1.54) is 6.33 Å². The predicted octanol–water partition coefficient (Wildman–Crippen LogP) is 1.37. The van der Waals surface area contributed by atoms with Crippen LogP contribution >= 0.6 is 0 Å². The van der Waals surface area contributed by atoms with Crippen LogP contribution in [0.5, 0.6) is 0 Å². The summed E-state index contributed by atoms with van der Waals surface area (Å²) in [7, 11) is 0. The van der Waals surface area contributed by atoms with Crippen molar-refractivity contribution in [3.63, 3.8) is 0 Å². The third kappa shape index (κ3) is 3.30. The summed E-state index contributed by atoms with van der Waals surface area (Å²) in [6.45, 7) is -0.494. The summed E-state index contributed by atoms with van der Waals surface area (Å²) in [5.74, 6) is 0.343. The molecule has 3 N–H and O–H groups in total. The van der Waals surface area contributed by atoms with Crippen molar-refractivity contribution in [1.82, 2.24) is 14.6 Å². The van der Waals surface area contributed by atoms with Crippen LogP contribution in [0.1, 0.15) is 23.7 Å². The minimum absolute atomic E-state index is 0.169. The molecule has 28 heavy (non-hydrogen) atoms. The van der Waals surface area contributed by atoms with Gasteiger partial charge in [-0.25, -0.2) is 9.50 Å². The standard InChI is InChI=1S/C19H19N5O4/c20-8-9-26-15(10-25)17-16(27-19(28-17)12-4-2-1-3-5-12)13-6-7-14-18(21)22-11-23-24(13)14/h1-7,11,15-17,19,25H,9-10H2,(H2,21,22,23)/t15-,16+,17-,19?/m1/s1. The summed E-state index contributed by atoms with van der Waals surface area (Å²) in [6.07, 6.45) is -1.29. The van der Waals surface area contributed by atoms with Gasteiger partial charge in [-0.15, -0.1) is 0 Å². The second kappa shape index (κ2) is 7.92. The van der Waals surface area contributed by atoms with E-state index in [2.05, 4.69) is 10.1 Å². The normalized spacial score (nSPS) is 22.9. The van der Waals surface area contributed by atoms with Gasteiger partial charge in [0.2, 0.25) is 0 Å². The van der Waals surface area contributed by atoms with Crippen LogP contribution < -0.4 is 5.73 Å². The fraction of sp³-hybridized carbons (Fsp3) is 0.316. The number of rotatable bonds is 6. The van der Waals surface area contributed by atoms with E-state index < -0.39 is 24.6 Å². The van der Waals surface area contributed by atoms with Gasteiger partial charge in [-0.05, 0) is 12.1 Å². The Labute approximate surface area is 160 Å². The highest BCUT2D eigenvalue weighted by Crippen LogP contribution is 2.42. The lowest BCUT2D eigenvalue weighted by molar-refractivity contribution is -0.103. The molecule has 1 fully saturated rings. The predicted molar refractivity (Wildman–Crippen MR) is 97.7 cm³/mol. The fourth-order valence-corrected chi connectivity index (χ4v) is 3.33. The molecule has 0 radical (unpaired) electrons. The number of aliphatic hydroxyl groups is 1. The van der Waals surface area contributed by atoms with Crippen molar-refractivity contribution < 1.29 is 19.3 Å². The van der Waals surface area contributed by atoms with Crippen LogP contribution in [0.25, 0.3) is 5.52 Å². The molecule has 0 aliphatic carbocycles. The maximum atomic E-state index is 9.82. The Morgan fingerprint density at radius 1 is 1.25 bits per heavy atom. The molecule has 0 saturated carbocycles. The highest BCUT2D eigenvalue weighted by Gasteiger charge is 2.44. The van der Waals surface area contributed by atoms with Crippen LogP contribution in [-0.4, -0.2) is 45.1 Å². The van der Waals surface area contributed by atoms with E-state index in [1.807, 2.05) is 42.5 Å². The van der Waals surface area contributed by atoms with Gasteiger partial charge in [-0.1, -0.05) is 30.3 Å². The molecule has 0 bridgehead atoms. The van der Waals surface area contributed by atoms with Gasteiger partial charge in [0.05, 0.1) is 18.4 Å². The number of anilines is 1. The molecule has 0 amide bonds. The average Bonchev–Trinajstić information content (AvgIpc) is 3.34. The molecular weight excluding hydrogens is 362 g/mol. The number of ether oxygens (including phenoxy) is 3. The Hall–Kier alpha value is -3.03. The van der Waals surface area contributed by atoms with Crippen LogP contribution in [0, 0.1) is 11.3 Å². The van der Waals surface area contributed by atoms with Gasteiger partial charge >= 0.3 is 0 Å². The zero-order chi connectivity index (χ0) is 19.5. The molecule has 4 rings (SSSR count). The Morgan fingerprint density at radius 2 is 2.07 bits per heavy atom. The number of hydrogen-bond acceptors (Lipinski definition) is 8. The minimum atomic E-state index is -0.747. The number of nitrogens with two attached hydrogens (primary N) is 1. The molecule has 1 saturated heterocycles. The Bertz CT molecular complexity index is 987. The van der Waals surface area contributed by atoms with E-state index in [4.69, 9.17) is 25.2 Å². The van der Waals surface area contributed by atoms with Crippen molar-refractivity contribution in [3.05, 3.63) is 60.0 Å². The van der Waals surface area contributed by atoms with Crippen molar-refractivity contribution >= 4 is 11.3 Å². The van der Waals surface area contributed by atoms with Gasteiger partial charge in [-0.3, -0.25) is 0 Å². The van der Waals surface area contributed by atoms with Gasteiger partial charge in [0, 0.05) is 5.56 Å². The number of benzene rings is 1. The van der Waals surface area contributed by atoms with Crippen LogP contribution in [-0.2, 0) is 14.2 Å². The van der Waals surface area contributed by atoms with Gasteiger partial charge in [0.1, 0.15) is 36.8 Å². The second-order valence-corrected chi connectivity index (χ2v) is 6.29. The number of nitrogens with zero attached hydrogens (tertiary/aromatic N) is 4. The number of aliphatic hydroxyl groups excluding tert-OH is 1. The third-order valence-electron chi connectivity index (χ3n) is 4.63. The van der Waals surface area contributed by atoms with E-state index in [0.717, 1.165) is 5.56 Å². The van der Waals surface area contributed by atoms with Crippen molar-refractivity contribution in [2.24, 2.45) is 0 Å². The Kier molecular flexibility index (Phi) is 5.18.